The van der Waals surface area contributed by atoms with Crippen LogP contribution in [0.15, 0.2) is 54.7 Å². The van der Waals surface area contributed by atoms with Gasteiger partial charge in [-0.3, -0.25) is 4.68 Å². The molecule has 0 spiro atoms. The first-order valence-electron chi connectivity index (χ1n) is 6.47. The highest BCUT2D eigenvalue weighted by Gasteiger charge is 2.14. The highest BCUT2D eigenvalue weighted by molar-refractivity contribution is 6.31. The molecule has 0 aliphatic heterocycles. The Morgan fingerprint density at radius 3 is 2.68 bits per heavy atom. The highest BCUT2D eigenvalue weighted by atomic mass is 35.5. The standard InChI is InChI=1S/C16H15ClN2/c1-2-15(12-6-4-3-5-7-12)19-16-9-8-14(17)10-13(16)11-18-19/h3-11,15H,2H2,1H3. The number of rotatable bonds is 3. The van der Waals surface area contributed by atoms with Crippen molar-refractivity contribution in [1.82, 2.24) is 9.78 Å². The van der Waals surface area contributed by atoms with Crippen molar-refractivity contribution in [2.75, 3.05) is 0 Å². The van der Waals surface area contributed by atoms with E-state index < -0.39 is 0 Å². The molecule has 3 rings (SSSR count). The van der Waals surface area contributed by atoms with E-state index in [0.29, 0.717) is 0 Å². The van der Waals surface area contributed by atoms with E-state index in [1.807, 2.05) is 30.5 Å². The summed E-state index contributed by atoms with van der Waals surface area (Å²) < 4.78 is 2.08. The molecule has 2 nitrogen and oxygen atoms in total. The van der Waals surface area contributed by atoms with Crippen LogP contribution in [-0.4, -0.2) is 9.78 Å². The van der Waals surface area contributed by atoms with Gasteiger partial charge >= 0.3 is 0 Å². The zero-order valence-corrected chi connectivity index (χ0v) is 11.5. The Morgan fingerprint density at radius 1 is 1.16 bits per heavy atom. The maximum atomic E-state index is 6.02. The fourth-order valence-corrected chi connectivity index (χ4v) is 2.68. The minimum atomic E-state index is 0.264. The molecule has 2 aromatic carbocycles. The second-order valence-electron chi connectivity index (χ2n) is 4.63. The minimum absolute atomic E-state index is 0.264. The fraction of sp³-hybridized carbons (Fsp3) is 0.188. The smallest absolute Gasteiger partial charge is 0.0773 e. The zero-order valence-electron chi connectivity index (χ0n) is 10.8. The van der Waals surface area contributed by atoms with Gasteiger partial charge in [0.25, 0.3) is 0 Å². The van der Waals surface area contributed by atoms with E-state index >= 15 is 0 Å². The molecule has 1 aromatic heterocycles. The number of aromatic nitrogens is 2. The number of hydrogen-bond acceptors (Lipinski definition) is 1. The van der Waals surface area contributed by atoms with Gasteiger partial charge in [-0.25, -0.2) is 0 Å². The van der Waals surface area contributed by atoms with Crippen molar-refractivity contribution in [1.29, 1.82) is 0 Å². The summed E-state index contributed by atoms with van der Waals surface area (Å²) in [5.74, 6) is 0. The lowest BCUT2D eigenvalue weighted by Crippen LogP contribution is -2.10. The Morgan fingerprint density at radius 2 is 1.95 bits per heavy atom. The molecule has 0 bridgehead atoms. The Bertz CT molecular complexity index is 688. The van der Waals surface area contributed by atoms with Crippen LogP contribution in [0.2, 0.25) is 5.02 Å². The summed E-state index contributed by atoms with van der Waals surface area (Å²) in [6.45, 7) is 2.18. The molecule has 0 N–H and O–H groups in total. The summed E-state index contributed by atoms with van der Waals surface area (Å²) >= 11 is 6.02. The number of hydrogen-bond donors (Lipinski definition) is 0. The molecule has 0 aliphatic carbocycles. The van der Waals surface area contributed by atoms with Crippen molar-refractivity contribution >= 4 is 22.5 Å². The minimum Gasteiger partial charge on any atom is -0.257 e. The van der Waals surface area contributed by atoms with Crippen molar-refractivity contribution in [3.8, 4) is 0 Å². The molecule has 3 heteroatoms. The van der Waals surface area contributed by atoms with Gasteiger partial charge in [0.1, 0.15) is 0 Å². The van der Waals surface area contributed by atoms with E-state index in [2.05, 4.69) is 41.0 Å². The van der Waals surface area contributed by atoms with Crippen LogP contribution in [-0.2, 0) is 0 Å². The first-order chi connectivity index (χ1) is 9.29. The van der Waals surface area contributed by atoms with Gasteiger partial charge in [0.15, 0.2) is 0 Å². The molecule has 1 heterocycles. The van der Waals surface area contributed by atoms with Gasteiger partial charge in [-0.2, -0.15) is 5.10 Å². The number of halogens is 1. The monoisotopic (exact) mass is 270 g/mol. The quantitative estimate of drug-likeness (QED) is 0.675. The molecule has 19 heavy (non-hydrogen) atoms. The lowest BCUT2D eigenvalue weighted by Gasteiger charge is -2.17. The van der Waals surface area contributed by atoms with E-state index in [9.17, 15) is 0 Å². The number of benzene rings is 2. The number of fused-ring (bicyclic) bond motifs is 1. The molecule has 0 radical (unpaired) electrons. The van der Waals surface area contributed by atoms with Crippen LogP contribution in [0.5, 0.6) is 0 Å². The second kappa shape index (κ2) is 5.06. The molecule has 3 aromatic rings. The van der Waals surface area contributed by atoms with E-state index in [1.165, 1.54) is 5.56 Å². The molecule has 0 aliphatic rings. The Kier molecular flexibility index (Phi) is 3.26. The van der Waals surface area contributed by atoms with Gasteiger partial charge in [0.05, 0.1) is 17.8 Å². The molecule has 0 saturated carbocycles. The maximum absolute atomic E-state index is 6.02. The Labute approximate surface area is 117 Å². The van der Waals surface area contributed by atoms with Crippen LogP contribution < -0.4 is 0 Å². The van der Waals surface area contributed by atoms with E-state index in [-0.39, 0.29) is 6.04 Å². The SMILES string of the molecule is CCC(c1ccccc1)n1ncc2cc(Cl)ccc21. The second-order valence-corrected chi connectivity index (χ2v) is 5.06. The van der Waals surface area contributed by atoms with Gasteiger partial charge in [-0.15, -0.1) is 0 Å². The van der Waals surface area contributed by atoms with Crippen LogP contribution in [0.4, 0.5) is 0 Å². The largest absolute Gasteiger partial charge is 0.257 e. The van der Waals surface area contributed by atoms with Crippen LogP contribution in [0.1, 0.15) is 24.9 Å². The van der Waals surface area contributed by atoms with Gasteiger partial charge in [-0.1, -0.05) is 48.9 Å². The van der Waals surface area contributed by atoms with Crippen molar-refractivity contribution in [2.45, 2.75) is 19.4 Å². The third-order valence-electron chi connectivity index (χ3n) is 3.42. The van der Waals surface area contributed by atoms with Crippen molar-refractivity contribution in [2.24, 2.45) is 0 Å². The average molecular weight is 271 g/mol. The lowest BCUT2D eigenvalue weighted by atomic mass is 10.0. The van der Waals surface area contributed by atoms with Gasteiger partial charge in [0.2, 0.25) is 0 Å². The molecule has 0 saturated heterocycles. The average Bonchev–Trinajstić information content (AvgIpc) is 2.84. The Balaban J connectivity index is 2.12. The predicted molar refractivity (Wildman–Crippen MR) is 79.6 cm³/mol. The summed E-state index contributed by atoms with van der Waals surface area (Å²) in [6, 6.07) is 16.7. The summed E-state index contributed by atoms with van der Waals surface area (Å²) in [5, 5.41) is 6.38. The lowest BCUT2D eigenvalue weighted by molar-refractivity contribution is 0.525. The van der Waals surface area contributed by atoms with E-state index in [1.54, 1.807) is 0 Å². The zero-order chi connectivity index (χ0) is 13.2. The molecule has 0 amide bonds. The van der Waals surface area contributed by atoms with Gasteiger partial charge in [-0.05, 0) is 30.2 Å². The topological polar surface area (TPSA) is 17.8 Å². The fourth-order valence-electron chi connectivity index (χ4n) is 2.50. The van der Waals surface area contributed by atoms with Gasteiger partial charge < -0.3 is 0 Å². The van der Waals surface area contributed by atoms with Crippen molar-refractivity contribution in [3.05, 3.63) is 65.3 Å². The predicted octanol–water partition coefficient (Wildman–Crippen LogP) is 4.69. The van der Waals surface area contributed by atoms with Crippen LogP contribution in [0.25, 0.3) is 10.9 Å². The summed E-state index contributed by atoms with van der Waals surface area (Å²) in [6.07, 6.45) is 2.89. The van der Waals surface area contributed by atoms with Crippen molar-refractivity contribution in [3.63, 3.8) is 0 Å². The van der Waals surface area contributed by atoms with Crippen LogP contribution in [0.3, 0.4) is 0 Å². The summed E-state index contributed by atoms with van der Waals surface area (Å²) in [7, 11) is 0. The molecule has 0 fully saturated rings. The normalized spacial score (nSPS) is 12.7. The van der Waals surface area contributed by atoms with Gasteiger partial charge in [0, 0.05) is 10.4 Å². The molecule has 1 atom stereocenters. The first kappa shape index (κ1) is 12.2. The third-order valence-corrected chi connectivity index (χ3v) is 3.66. The maximum Gasteiger partial charge on any atom is 0.0773 e. The summed E-state index contributed by atoms with van der Waals surface area (Å²) in [4.78, 5) is 0. The van der Waals surface area contributed by atoms with Crippen LogP contribution in [0, 0.1) is 0 Å². The van der Waals surface area contributed by atoms with Crippen molar-refractivity contribution < 1.29 is 0 Å². The van der Waals surface area contributed by atoms with E-state index in [4.69, 9.17) is 11.6 Å². The first-order valence-corrected chi connectivity index (χ1v) is 6.85. The highest BCUT2D eigenvalue weighted by Crippen LogP contribution is 2.27. The third kappa shape index (κ3) is 2.24. The van der Waals surface area contributed by atoms with E-state index in [0.717, 1.165) is 22.3 Å². The molecule has 96 valence electrons. The Hall–Kier alpha value is -1.80. The number of nitrogens with zero attached hydrogens (tertiary/aromatic N) is 2. The molecule has 1 unspecified atom stereocenters. The molecular formula is C16H15ClN2. The summed E-state index contributed by atoms with van der Waals surface area (Å²) in [5.41, 5.74) is 2.41. The molecular weight excluding hydrogens is 256 g/mol. The van der Waals surface area contributed by atoms with Crippen LogP contribution >= 0.6 is 11.6 Å².